The van der Waals surface area contributed by atoms with E-state index in [2.05, 4.69) is 34.4 Å². The number of piperazine rings is 1. The number of para-hydroxylation sites is 1. The lowest BCUT2D eigenvalue weighted by atomic mass is 10.0. The third-order valence-corrected chi connectivity index (χ3v) is 5.70. The van der Waals surface area contributed by atoms with Crippen molar-refractivity contribution in [2.24, 2.45) is 0 Å². The van der Waals surface area contributed by atoms with Gasteiger partial charge in [-0.2, -0.15) is 5.10 Å². The highest BCUT2D eigenvalue weighted by molar-refractivity contribution is 5.22. The third kappa shape index (κ3) is 3.79. The molecule has 0 spiro atoms. The van der Waals surface area contributed by atoms with E-state index < -0.39 is 0 Å². The molecule has 0 saturated carbocycles. The number of hydrogen-bond donors (Lipinski definition) is 0. The molecule has 1 unspecified atom stereocenters. The van der Waals surface area contributed by atoms with Crippen LogP contribution in [-0.4, -0.2) is 51.8 Å². The van der Waals surface area contributed by atoms with E-state index in [1.165, 1.54) is 31.6 Å². The van der Waals surface area contributed by atoms with E-state index in [0.717, 1.165) is 31.1 Å². The Morgan fingerprint density at radius 2 is 1.85 bits per heavy atom. The van der Waals surface area contributed by atoms with Crippen LogP contribution >= 0.6 is 0 Å². The van der Waals surface area contributed by atoms with Crippen LogP contribution in [0.1, 0.15) is 44.1 Å². The molecule has 1 atom stereocenters. The quantitative estimate of drug-likeness (QED) is 0.825. The lowest BCUT2D eigenvalue weighted by molar-refractivity contribution is 0.0655. The van der Waals surface area contributed by atoms with Crippen LogP contribution in [0.25, 0.3) is 0 Å². The van der Waals surface area contributed by atoms with Gasteiger partial charge in [0.2, 0.25) is 0 Å². The molecule has 0 amide bonds. The maximum atomic E-state index is 5.89. The SMILES string of the molecule is CC(C)N1CCN(C2CCCn3nc(COc4ccccc4)cc32)CC1. The third-order valence-electron chi connectivity index (χ3n) is 5.70. The average Bonchev–Trinajstić information content (AvgIpc) is 3.10. The minimum absolute atomic E-state index is 0.510. The smallest absolute Gasteiger partial charge is 0.132 e. The summed E-state index contributed by atoms with van der Waals surface area (Å²) in [5, 5.41) is 4.81. The molecule has 1 saturated heterocycles. The topological polar surface area (TPSA) is 33.5 Å². The van der Waals surface area contributed by atoms with Gasteiger partial charge in [-0.3, -0.25) is 14.5 Å². The van der Waals surface area contributed by atoms with Gasteiger partial charge in [0.25, 0.3) is 0 Å². The predicted octanol–water partition coefficient (Wildman–Crippen LogP) is 3.32. The van der Waals surface area contributed by atoms with E-state index >= 15 is 0 Å². The number of fused-ring (bicyclic) bond motifs is 1. The van der Waals surface area contributed by atoms with Crippen LogP contribution in [0.2, 0.25) is 0 Å². The summed E-state index contributed by atoms with van der Waals surface area (Å²) in [5.74, 6) is 0.903. The molecule has 2 aromatic rings. The average molecular weight is 354 g/mol. The van der Waals surface area contributed by atoms with Crippen LogP contribution < -0.4 is 4.74 Å². The van der Waals surface area contributed by atoms with Crippen LogP contribution in [0.3, 0.4) is 0 Å². The molecule has 0 aliphatic carbocycles. The molecule has 3 heterocycles. The first-order valence-corrected chi connectivity index (χ1v) is 9.93. The number of aromatic nitrogens is 2. The zero-order chi connectivity index (χ0) is 17.9. The molecular formula is C21H30N4O. The number of rotatable bonds is 5. The van der Waals surface area contributed by atoms with E-state index in [1.807, 2.05) is 30.3 Å². The van der Waals surface area contributed by atoms with Crippen molar-refractivity contribution in [3.8, 4) is 5.75 Å². The first kappa shape index (κ1) is 17.6. The molecule has 140 valence electrons. The number of aryl methyl sites for hydroxylation is 1. The van der Waals surface area contributed by atoms with Gasteiger partial charge < -0.3 is 4.74 Å². The lowest BCUT2D eigenvalue weighted by Crippen LogP contribution is -2.50. The second-order valence-corrected chi connectivity index (χ2v) is 7.71. The predicted molar refractivity (Wildman–Crippen MR) is 103 cm³/mol. The van der Waals surface area contributed by atoms with E-state index in [9.17, 15) is 0 Å². The molecule has 1 fully saturated rings. The van der Waals surface area contributed by atoms with Gasteiger partial charge in [-0.25, -0.2) is 0 Å². The molecule has 4 rings (SSSR count). The van der Waals surface area contributed by atoms with Gasteiger partial charge >= 0.3 is 0 Å². The second kappa shape index (κ2) is 7.80. The lowest BCUT2D eigenvalue weighted by Gasteiger charge is -2.42. The molecule has 26 heavy (non-hydrogen) atoms. The Labute approximate surface area is 156 Å². The van der Waals surface area contributed by atoms with Crippen molar-refractivity contribution in [1.82, 2.24) is 19.6 Å². The van der Waals surface area contributed by atoms with Crippen LogP contribution in [-0.2, 0) is 13.2 Å². The summed E-state index contributed by atoms with van der Waals surface area (Å²) in [6.45, 7) is 10.8. The molecule has 1 aromatic heterocycles. The van der Waals surface area contributed by atoms with E-state index in [1.54, 1.807) is 0 Å². The summed E-state index contributed by atoms with van der Waals surface area (Å²) < 4.78 is 8.11. The van der Waals surface area contributed by atoms with Crippen LogP contribution in [0.15, 0.2) is 36.4 Å². The maximum Gasteiger partial charge on any atom is 0.132 e. The van der Waals surface area contributed by atoms with Crippen molar-refractivity contribution in [3.63, 3.8) is 0 Å². The Morgan fingerprint density at radius 1 is 1.08 bits per heavy atom. The van der Waals surface area contributed by atoms with Crippen molar-refractivity contribution >= 4 is 0 Å². The largest absolute Gasteiger partial charge is 0.487 e. The number of nitrogens with zero attached hydrogens (tertiary/aromatic N) is 4. The standard InChI is InChI=1S/C21H30N4O/c1-17(2)23-11-13-24(14-12-23)20-9-6-10-25-21(20)15-18(22-25)16-26-19-7-4-3-5-8-19/h3-5,7-8,15,17,20H,6,9-14,16H2,1-2H3. The Hall–Kier alpha value is -1.85. The van der Waals surface area contributed by atoms with Crippen molar-refractivity contribution in [2.45, 2.75) is 51.9 Å². The fourth-order valence-electron chi connectivity index (χ4n) is 4.20. The molecule has 2 aliphatic heterocycles. The second-order valence-electron chi connectivity index (χ2n) is 7.71. The van der Waals surface area contributed by atoms with E-state index in [4.69, 9.17) is 9.84 Å². The van der Waals surface area contributed by atoms with Crippen molar-refractivity contribution in [3.05, 3.63) is 47.8 Å². The molecule has 1 aromatic carbocycles. The maximum absolute atomic E-state index is 5.89. The summed E-state index contributed by atoms with van der Waals surface area (Å²) in [6, 6.07) is 13.4. The van der Waals surface area contributed by atoms with Gasteiger partial charge in [-0.05, 0) is 44.9 Å². The van der Waals surface area contributed by atoms with E-state index in [0.29, 0.717) is 18.7 Å². The minimum atomic E-state index is 0.510. The Morgan fingerprint density at radius 3 is 2.58 bits per heavy atom. The Kier molecular flexibility index (Phi) is 5.27. The summed E-state index contributed by atoms with van der Waals surface area (Å²) in [4.78, 5) is 5.24. The fourth-order valence-corrected chi connectivity index (χ4v) is 4.20. The van der Waals surface area contributed by atoms with Crippen LogP contribution in [0.5, 0.6) is 5.75 Å². The molecule has 0 radical (unpaired) electrons. The summed E-state index contributed by atoms with van der Waals surface area (Å²) in [6.07, 6.45) is 2.45. The van der Waals surface area contributed by atoms with Gasteiger partial charge in [0, 0.05) is 38.8 Å². The highest BCUT2D eigenvalue weighted by Crippen LogP contribution is 2.32. The summed E-state index contributed by atoms with van der Waals surface area (Å²) >= 11 is 0. The monoisotopic (exact) mass is 354 g/mol. The Bertz CT molecular complexity index is 704. The molecule has 5 heteroatoms. The molecule has 0 N–H and O–H groups in total. The van der Waals surface area contributed by atoms with Gasteiger partial charge in [0.05, 0.1) is 11.7 Å². The highest BCUT2D eigenvalue weighted by Gasteiger charge is 2.30. The highest BCUT2D eigenvalue weighted by atomic mass is 16.5. The normalized spacial score (nSPS) is 21.7. The van der Waals surface area contributed by atoms with Gasteiger partial charge in [-0.1, -0.05) is 18.2 Å². The van der Waals surface area contributed by atoms with Crippen LogP contribution in [0.4, 0.5) is 0 Å². The molecule has 5 nitrogen and oxygen atoms in total. The summed E-state index contributed by atoms with van der Waals surface area (Å²) in [5.41, 5.74) is 2.41. The zero-order valence-electron chi connectivity index (χ0n) is 16.0. The van der Waals surface area contributed by atoms with Gasteiger partial charge in [0.1, 0.15) is 18.1 Å². The fraction of sp³-hybridized carbons (Fsp3) is 0.571. The van der Waals surface area contributed by atoms with Crippen molar-refractivity contribution < 1.29 is 4.74 Å². The molecule has 0 bridgehead atoms. The molecular weight excluding hydrogens is 324 g/mol. The number of benzene rings is 1. The first-order chi connectivity index (χ1) is 12.7. The Balaban J connectivity index is 1.42. The number of ether oxygens (including phenoxy) is 1. The number of hydrogen-bond acceptors (Lipinski definition) is 4. The van der Waals surface area contributed by atoms with Crippen molar-refractivity contribution in [2.75, 3.05) is 26.2 Å². The van der Waals surface area contributed by atoms with Crippen LogP contribution in [0, 0.1) is 0 Å². The molecule has 2 aliphatic rings. The van der Waals surface area contributed by atoms with E-state index in [-0.39, 0.29) is 0 Å². The van der Waals surface area contributed by atoms with Gasteiger partial charge in [0.15, 0.2) is 0 Å². The first-order valence-electron chi connectivity index (χ1n) is 9.93. The van der Waals surface area contributed by atoms with Crippen molar-refractivity contribution in [1.29, 1.82) is 0 Å². The summed E-state index contributed by atoms with van der Waals surface area (Å²) in [7, 11) is 0. The van der Waals surface area contributed by atoms with Gasteiger partial charge in [-0.15, -0.1) is 0 Å². The zero-order valence-corrected chi connectivity index (χ0v) is 16.0. The minimum Gasteiger partial charge on any atom is -0.487 e.